The topological polar surface area (TPSA) is 58.6 Å². The van der Waals surface area contributed by atoms with Crippen LogP contribution in [0.25, 0.3) is 0 Å². The minimum atomic E-state index is -0.613. The number of benzene rings is 1. The Hall–Kier alpha value is -1.55. The average molecular weight is 265 g/mol. The van der Waals surface area contributed by atoms with Crippen molar-refractivity contribution in [1.29, 1.82) is 0 Å². The maximum Gasteiger partial charge on any atom is 0.220 e. The minimum Gasteiger partial charge on any atom is -0.496 e. The normalized spacial score (nSPS) is 12.9. The van der Waals surface area contributed by atoms with Crippen molar-refractivity contribution in [2.45, 2.75) is 45.3 Å². The molecule has 4 heteroatoms. The minimum absolute atomic E-state index is 0.0724. The van der Waals surface area contributed by atoms with Gasteiger partial charge >= 0.3 is 0 Å². The van der Waals surface area contributed by atoms with Gasteiger partial charge in [0.25, 0.3) is 0 Å². The van der Waals surface area contributed by atoms with Gasteiger partial charge in [-0.15, -0.1) is 0 Å². The summed E-state index contributed by atoms with van der Waals surface area (Å²) in [6, 6.07) is 7.66. The molecule has 0 bridgehead atoms. The number of amides is 1. The van der Waals surface area contributed by atoms with E-state index in [9.17, 15) is 9.90 Å². The molecule has 106 valence electrons. The number of nitrogens with one attached hydrogen (secondary N) is 1. The molecule has 0 saturated heterocycles. The molecule has 4 nitrogen and oxygen atoms in total. The predicted octanol–water partition coefficient (Wildman–Crippen LogP) is 1.90. The van der Waals surface area contributed by atoms with Crippen molar-refractivity contribution < 1.29 is 14.6 Å². The Labute approximate surface area is 114 Å². The molecule has 2 N–H and O–H groups in total. The number of aryl methyl sites for hydroxylation is 1. The molecule has 1 rings (SSSR count). The van der Waals surface area contributed by atoms with Crippen LogP contribution < -0.4 is 10.1 Å². The number of aliphatic hydroxyl groups excluding tert-OH is 1. The van der Waals surface area contributed by atoms with Gasteiger partial charge in [0.05, 0.1) is 18.8 Å². The first-order valence-electron chi connectivity index (χ1n) is 6.48. The lowest BCUT2D eigenvalue weighted by molar-refractivity contribution is -0.123. The first-order chi connectivity index (χ1) is 8.86. The summed E-state index contributed by atoms with van der Waals surface area (Å²) in [6.45, 7) is 5.28. The van der Waals surface area contributed by atoms with Crippen LogP contribution in [0.15, 0.2) is 24.3 Å². The highest BCUT2D eigenvalue weighted by atomic mass is 16.5. The van der Waals surface area contributed by atoms with Gasteiger partial charge in [0, 0.05) is 6.42 Å². The Kier molecular flexibility index (Phi) is 5.36. The zero-order valence-electron chi connectivity index (χ0n) is 12.1. The van der Waals surface area contributed by atoms with Gasteiger partial charge < -0.3 is 15.2 Å². The van der Waals surface area contributed by atoms with E-state index in [-0.39, 0.29) is 5.91 Å². The zero-order valence-corrected chi connectivity index (χ0v) is 12.1. The van der Waals surface area contributed by atoms with E-state index < -0.39 is 11.6 Å². The Morgan fingerprint density at radius 3 is 2.63 bits per heavy atom. The lowest BCUT2D eigenvalue weighted by atomic mass is 9.98. The fourth-order valence-corrected chi connectivity index (χ4v) is 1.68. The van der Waals surface area contributed by atoms with E-state index >= 15 is 0 Å². The second-order valence-electron chi connectivity index (χ2n) is 5.26. The summed E-state index contributed by atoms with van der Waals surface area (Å²) in [4.78, 5) is 11.9. The van der Waals surface area contributed by atoms with Crippen molar-refractivity contribution in [3.05, 3.63) is 29.8 Å². The highest BCUT2D eigenvalue weighted by Crippen LogP contribution is 2.19. The summed E-state index contributed by atoms with van der Waals surface area (Å²) in [6.07, 6.45) is 0.394. The van der Waals surface area contributed by atoms with Crippen LogP contribution in [0, 0.1) is 0 Å². The van der Waals surface area contributed by atoms with Crippen molar-refractivity contribution in [3.8, 4) is 5.75 Å². The highest BCUT2D eigenvalue weighted by molar-refractivity contribution is 5.77. The van der Waals surface area contributed by atoms with Gasteiger partial charge in [0.15, 0.2) is 0 Å². The van der Waals surface area contributed by atoms with Crippen LogP contribution in [0.5, 0.6) is 5.75 Å². The van der Waals surface area contributed by atoms with Crippen LogP contribution in [0.4, 0.5) is 0 Å². The number of carbonyl (C=O) groups is 1. The first-order valence-corrected chi connectivity index (χ1v) is 6.48. The molecule has 1 amide bonds. The molecule has 0 aromatic heterocycles. The number of rotatable bonds is 6. The van der Waals surface area contributed by atoms with Gasteiger partial charge in [-0.3, -0.25) is 4.79 Å². The molecule has 0 aliphatic heterocycles. The van der Waals surface area contributed by atoms with Gasteiger partial charge in [-0.25, -0.2) is 0 Å². The maximum absolute atomic E-state index is 11.9. The summed E-state index contributed by atoms with van der Waals surface area (Å²) in [5.74, 6) is 0.724. The lowest BCUT2D eigenvalue weighted by Crippen LogP contribution is -2.51. The number of ether oxygens (including phenoxy) is 1. The van der Waals surface area contributed by atoms with Crippen LogP contribution >= 0.6 is 0 Å². The molecule has 0 fully saturated rings. The predicted molar refractivity (Wildman–Crippen MR) is 75.2 cm³/mol. The van der Waals surface area contributed by atoms with Crippen molar-refractivity contribution >= 4 is 5.91 Å². The monoisotopic (exact) mass is 265 g/mol. The average Bonchev–Trinajstić information content (AvgIpc) is 2.36. The number of methoxy groups -OCH3 is 1. The Bertz CT molecular complexity index is 427. The van der Waals surface area contributed by atoms with Gasteiger partial charge in [-0.2, -0.15) is 0 Å². The van der Waals surface area contributed by atoms with Gasteiger partial charge in [-0.05, 0) is 38.8 Å². The number of carbonyl (C=O) groups excluding carboxylic acids is 1. The molecule has 1 unspecified atom stereocenters. The van der Waals surface area contributed by atoms with E-state index in [1.807, 2.05) is 24.3 Å². The highest BCUT2D eigenvalue weighted by Gasteiger charge is 2.25. The van der Waals surface area contributed by atoms with Crippen molar-refractivity contribution in [3.63, 3.8) is 0 Å². The second-order valence-corrected chi connectivity index (χ2v) is 5.26. The van der Waals surface area contributed by atoms with Crippen molar-refractivity contribution in [2.75, 3.05) is 7.11 Å². The fourth-order valence-electron chi connectivity index (χ4n) is 1.68. The van der Waals surface area contributed by atoms with Gasteiger partial charge in [-0.1, -0.05) is 18.2 Å². The standard InChI is InChI=1S/C15H23NO3/c1-11(17)15(2,3)16-14(18)10-9-12-7-5-6-8-13(12)19-4/h5-8,11,17H,9-10H2,1-4H3,(H,16,18). The molecule has 0 radical (unpaired) electrons. The first kappa shape index (κ1) is 15.5. The van der Waals surface area contributed by atoms with E-state index in [4.69, 9.17) is 4.74 Å². The van der Waals surface area contributed by atoms with E-state index in [2.05, 4.69) is 5.32 Å². The smallest absolute Gasteiger partial charge is 0.220 e. The number of hydrogen-bond donors (Lipinski definition) is 2. The summed E-state index contributed by atoms with van der Waals surface area (Å²) >= 11 is 0. The third kappa shape index (κ3) is 4.56. The van der Waals surface area contributed by atoms with Crippen LogP contribution in [0.3, 0.4) is 0 Å². The maximum atomic E-state index is 11.9. The molecule has 1 atom stereocenters. The Balaban J connectivity index is 2.55. The zero-order chi connectivity index (χ0) is 14.5. The van der Waals surface area contributed by atoms with Gasteiger partial charge in [0.2, 0.25) is 5.91 Å². The van der Waals surface area contributed by atoms with Gasteiger partial charge in [0.1, 0.15) is 5.75 Å². The number of para-hydroxylation sites is 1. The van der Waals surface area contributed by atoms with Crippen LogP contribution in [0.1, 0.15) is 32.8 Å². The molecule has 1 aromatic rings. The molecular weight excluding hydrogens is 242 g/mol. The Morgan fingerprint density at radius 1 is 1.42 bits per heavy atom. The summed E-state index contributed by atoms with van der Waals surface area (Å²) in [5, 5.41) is 12.4. The molecule has 19 heavy (non-hydrogen) atoms. The molecule has 1 aromatic carbocycles. The second kappa shape index (κ2) is 6.57. The van der Waals surface area contributed by atoms with Crippen LogP contribution in [-0.4, -0.2) is 29.8 Å². The van der Waals surface area contributed by atoms with E-state index in [1.165, 1.54) is 0 Å². The van der Waals surface area contributed by atoms with E-state index in [0.29, 0.717) is 12.8 Å². The van der Waals surface area contributed by atoms with Crippen molar-refractivity contribution in [2.24, 2.45) is 0 Å². The summed E-state index contributed by atoms with van der Waals surface area (Å²) in [7, 11) is 1.62. The third-order valence-electron chi connectivity index (χ3n) is 3.32. The summed E-state index contributed by atoms with van der Waals surface area (Å²) in [5.41, 5.74) is 0.396. The third-order valence-corrected chi connectivity index (χ3v) is 3.32. The van der Waals surface area contributed by atoms with E-state index in [1.54, 1.807) is 27.9 Å². The number of hydrogen-bond acceptors (Lipinski definition) is 3. The largest absolute Gasteiger partial charge is 0.496 e. The lowest BCUT2D eigenvalue weighted by Gasteiger charge is -2.29. The summed E-state index contributed by atoms with van der Waals surface area (Å²) < 4.78 is 5.25. The molecule has 0 heterocycles. The fraction of sp³-hybridized carbons (Fsp3) is 0.533. The molecule has 0 saturated carbocycles. The van der Waals surface area contributed by atoms with Crippen LogP contribution in [0.2, 0.25) is 0 Å². The van der Waals surface area contributed by atoms with E-state index in [0.717, 1.165) is 11.3 Å². The molecule has 0 aliphatic rings. The van der Waals surface area contributed by atoms with Crippen LogP contribution in [-0.2, 0) is 11.2 Å². The van der Waals surface area contributed by atoms with Crippen molar-refractivity contribution in [1.82, 2.24) is 5.32 Å². The Morgan fingerprint density at radius 2 is 2.05 bits per heavy atom. The quantitative estimate of drug-likeness (QED) is 0.826. The SMILES string of the molecule is COc1ccccc1CCC(=O)NC(C)(C)C(C)O. The molecule has 0 aliphatic carbocycles. The molecule has 0 spiro atoms. The number of aliphatic hydroxyl groups is 1. The molecular formula is C15H23NO3.